The lowest BCUT2D eigenvalue weighted by Crippen LogP contribution is -2.29. The zero-order valence-corrected chi connectivity index (χ0v) is 11.8. The van der Waals surface area contributed by atoms with Crippen LogP contribution in [0.4, 0.5) is 0 Å². The quantitative estimate of drug-likeness (QED) is 0.878. The van der Waals surface area contributed by atoms with Gasteiger partial charge in [-0.1, -0.05) is 35.0 Å². The fourth-order valence-electron chi connectivity index (χ4n) is 1.54. The van der Waals surface area contributed by atoms with Crippen LogP contribution in [0.15, 0.2) is 28.7 Å². The minimum atomic E-state index is 0.0283. The van der Waals surface area contributed by atoms with Gasteiger partial charge in [0.05, 0.1) is 6.04 Å². The Hall–Kier alpha value is -0.870. The molecule has 3 N–H and O–H groups in total. The van der Waals surface area contributed by atoms with Gasteiger partial charge in [-0.25, -0.2) is 0 Å². The molecule has 0 aliphatic rings. The van der Waals surface area contributed by atoms with Gasteiger partial charge >= 0.3 is 0 Å². The first-order chi connectivity index (χ1) is 8.02. The molecule has 0 aliphatic heterocycles. The van der Waals surface area contributed by atoms with Crippen molar-refractivity contribution < 1.29 is 4.79 Å². The van der Waals surface area contributed by atoms with Crippen molar-refractivity contribution in [2.24, 2.45) is 11.7 Å². The second-order valence-corrected chi connectivity index (χ2v) is 5.30. The molecule has 3 nitrogen and oxygen atoms in total. The summed E-state index contributed by atoms with van der Waals surface area (Å²) in [5.74, 6) is 0.283. The lowest BCUT2D eigenvalue weighted by molar-refractivity contribution is -0.122. The first-order valence-corrected chi connectivity index (χ1v) is 6.57. The maximum atomic E-state index is 11.7. The smallest absolute Gasteiger partial charge is 0.220 e. The van der Waals surface area contributed by atoms with Crippen molar-refractivity contribution in [3.63, 3.8) is 0 Å². The number of rotatable bonds is 5. The summed E-state index contributed by atoms with van der Waals surface area (Å²) >= 11 is 3.39. The molecular formula is C13H19BrN2O. The Morgan fingerprint density at radius 1 is 1.35 bits per heavy atom. The summed E-state index contributed by atoms with van der Waals surface area (Å²) in [5.41, 5.74) is 6.59. The standard InChI is InChI=1S/C13H19BrN2O/c1-9(8-15)7-13(17)16-10(2)11-3-5-12(14)6-4-11/h3-6,9-10H,7-8,15H2,1-2H3,(H,16,17)/t9?,10-/m0/s1. The molecule has 0 spiro atoms. The van der Waals surface area contributed by atoms with Crippen molar-refractivity contribution in [3.05, 3.63) is 34.3 Å². The van der Waals surface area contributed by atoms with Gasteiger partial charge in [-0.15, -0.1) is 0 Å². The number of amides is 1. The molecule has 94 valence electrons. The minimum absolute atomic E-state index is 0.0283. The Morgan fingerprint density at radius 2 is 1.94 bits per heavy atom. The Morgan fingerprint density at radius 3 is 2.47 bits per heavy atom. The largest absolute Gasteiger partial charge is 0.350 e. The first kappa shape index (κ1) is 14.2. The highest BCUT2D eigenvalue weighted by atomic mass is 79.9. The highest BCUT2D eigenvalue weighted by Gasteiger charge is 2.11. The number of hydrogen-bond donors (Lipinski definition) is 2. The van der Waals surface area contributed by atoms with E-state index >= 15 is 0 Å². The maximum Gasteiger partial charge on any atom is 0.220 e. The monoisotopic (exact) mass is 298 g/mol. The zero-order valence-electron chi connectivity index (χ0n) is 10.2. The molecule has 0 heterocycles. The normalized spacial score (nSPS) is 14.1. The summed E-state index contributed by atoms with van der Waals surface area (Å²) in [6.45, 7) is 4.50. The average Bonchev–Trinajstić information content (AvgIpc) is 2.29. The van der Waals surface area contributed by atoms with Crippen molar-refractivity contribution >= 4 is 21.8 Å². The van der Waals surface area contributed by atoms with Gasteiger partial charge in [-0.05, 0) is 37.1 Å². The van der Waals surface area contributed by atoms with Crippen LogP contribution < -0.4 is 11.1 Å². The van der Waals surface area contributed by atoms with Crippen LogP contribution in [0.3, 0.4) is 0 Å². The molecule has 0 saturated heterocycles. The highest BCUT2D eigenvalue weighted by Crippen LogP contribution is 2.16. The van der Waals surface area contributed by atoms with Crippen LogP contribution >= 0.6 is 15.9 Å². The fraction of sp³-hybridized carbons (Fsp3) is 0.462. The minimum Gasteiger partial charge on any atom is -0.350 e. The van der Waals surface area contributed by atoms with E-state index in [-0.39, 0.29) is 17.9 Å². The molecule has 1 unspecified atom stereocenters. The Balaban J connectivity index is 2.51. The Bertz CT molecular complexity index is 364. The molecule has 2 atom stereocenters. The van der Waals surface area contributed by atoms with Crippen LogP contribution in [0.25, 0.3) is 0 Å². The number of hydrogen-bond acceptors (Lipinski definition) is 2. The summed E-state index contributed by atoms with van der Waals surface area (Å²) < 4.78 is 1.04. The van der Waals surface area contributed by atoms with E-state index in [2.05, 4.69) is 21.2 Å². The second kappa shape index (κ2) is 6.77. The average molecular weight is 299 g/mol. The summed E-state index contributed by atoms with van der Waals surface area (Å²) in [5, 5.41) is 2.97. The van der Waals surface area contributed by atoms with Gasteiger partial charge in [0.2, 0.25) is 5.91 Å². The van der Waals surface area contributed by atoms with Gasteiger partial charge in [0.25, 0.3) is 0 Å². The Labute approximate surface area is 111 Å². The van der Waals surface area contributed by atoms with Gasteiger partial charge in [0.15, 0.2) is 0 Å². The number of carbonyl (C=O) groups excluding carboxylic acids is 1. The summed E-state index contributed by atoms with van der Waals surface area (Å²) in [6.07, 6.45) is 0.484. The summed E-state index contributed by atoms with van der Waals surface area (Å²) in [6, 6.07) is 7.98. The summed E-state index contributed by atoms with van der Waals surface area (Å²) in [4.78, 5) is 11.7. The third-order valence-corrected chi connectivity index (χ3v) is 3.21. The molecule has 1 aromatic rings. The van der Waals surface area contributed by atoms with Gasteiger partial charge in [0, 0.05) is 10.9 Å². The molecule has 4 heteroatoms. The maximum absolute atomic E-state index is 11.7. The molecule has 1 rings (SSSR count). The van der Waals surface area contributed by atoms with Gasteiger partial charge in [-0.3, -0.25) is 4.79 Å². The molecule has 0 fully saturated rings. The van der Waals surface area contributed by atoms with Crippen molar-refractivity contribution in [3.8, 4) is 0 Å². The van der Waals surface area contributed by atoms with Crippen molar-refractivity contribution in [2.45, 2.75) is 26.3 Å². The number of nitrogens with one attached hydrogen (secondary N) is 1. The van der Waals surface area contributed by atoms with E-state index < -0.39 is 0 Å². The SMILES string of the molecule is CC(CN)CC(=O)N[C@@H](C)c1ccc(Br)cc1. The summed E-state index contributed by atoms with van der Waals surface area (Å²) in [7, 11) is 0. The lowest BCUT2D eigenvalue weighted by atomic mass is 10.1. The number of halogens is 1. The third-order valence-electron chi connectivity index (χ3n) is 2.68. The molecule has 0 aliphatic carbocycles. The molecule has 1 amide bonds. The zero-order chi connectivity index (χ0) is 12.8. The van der Waals surface area contributed by atoms with E-state index in [0.29, 0.717) is 13.0 Å². The van der Waals surface area contributed by atoms with Crippen LogP contribution in [0.1, 0.15) is 31.9 Å². The van der Waals surface area contributed by atoms with Gasteiger partial charge < -0.3 is 11.1 Å². The molecule has 0 radical (unpaired) electrons. The van der Waals surface area contributed by atoms with E-state index in [0.717, 1.165) is 10.0 Å². The van der Waals surface area contributed by atoms with Crippen LogP contribution in [-0.2, 0) is 4.79 Å². The lowest BCUT2D eigenvalue weighted by Gasteiger charge is -2.16. The molecule has 17 heavy (non-hydrogen) atoms. The predicted octanol–water partition coefficient (Wildman–Crippen LogP) is 2.61. The van der Waals surface area contributed by atoms with Crippen molar-refractivity contribution in [2.75, 3.05) is 6.54 Å². The second-order valence-electron chi connectivity index (χ2n) is 4.39. The molecular weight excluding hydrogens is 280 g/mol. The fourth-order valence-corrected chi connectivity index (χ4v) is 1.80. The number of carbonyl (C=O) groups is 1. The van der Waals surface area contributed by atoms with E-state index in [1.54, 1.807) is 0 Å². The third kappa shape index (κ3) is 4.88. The highest BCUT2D eigenvalue weighted by molar-refractivity contribution is 9.10. The number of benzene rings is 1. The van der Waals surface area contributed by atoms with Crippen molar-refractivity contribution in [1.82, 2.24) is 5.32 Å². The molecule has 0 aromatic heterocycles. The topological polar surface area (TPSA) is 55.1 Å². The first-order valence-electron chi connectivity index (χ1n) is 5.77. The van der Waals surface area contributed by atoms with E-state index in [1.807, 2.05) is 38.1 Å². The Kier molecular flexibility index (Phi) is 5.65. The van der Waals surface area contributed by atoms with E-state index in [4.69, 9.17) is 5.73 Å². The molecule has 0 saturated carbocycles. The predicted molar refractivity (Wildman–Crippen MR) is 73.5 cm³/mol. The van der Waals surface area contributed by atoms with Crippen LogP contribution in [0, 0.1) is 5.92 Å². The van der Waals surface area contributed by atoms with Crippen molar-refractivity contribution in [1.29, 1.82) is 0 Å². The number of nitrogens with two attached hydrogens (primary N) is 1. The van der Waals surface area contributed by atoms with Crippen LogP contribution in [0.2, 0.25) is 0 Å². The van der Waals surface area contributed by atoms with E-state index in [9.17, 15) is 4.79 Å². The van der Waals surface area contributed by atoms with Crippen LogP contribution in [0.5, 0.6) is 0 Å². The molecule has 1 aromatic carbocycles. The van der Waals surface area contributed by atoms with E-state index in [1.165, 1.54) is 0 Å². The van der Waals surface area contributed by atoms with Gasteiger partial charge in [0.1, 0.15) is 0 Å². The molecule has 0 bridgehead atoms. The van der Waals surface area contributed by atoms with Crippen LogP contribution in [-0.4, -0.2) is 12.5 Å². The van der Waals surface area contributed by atoms with Gasteiger partial charge in [-0.2, -0.15) is 0 Å².